The fourth-order valence-corrected chi connectivity index (χ4v) is 1.70. The van der Waals surface area contributed by atoms with Gasteiger partial charge in [-0.2, -0.15) is 0 Å². The minimum atomic E-state index is 0. The molecule has 0 saturated carbocycles. The summed E-state index contributed by atoms with van der Waals surface area (Å²) in [6, 6.07) is 3.88. The summed E-state index contributed by atoms with van der Waals surface area (Å²) in [5.74, 6) is 2.28. The molecule has 4 nitrogen and oxygen atoms in total. The number of hydrogen-bond acceptors (Lipinski definition) is 4. The molecule has 0 aromatic heterocycles. The van der Waals surface area contributed by atoms with Gasteiger partial charge in [-0.3, -0.25) is 0 Å². The zero-order valence-corrected chi connectivity index (χ0v) is 12.2. The predicted molar refractivity (Wildman–Crippen MR) is 75.3 cm³/mol. The number of nitrogens with two attached hydrogens (primary N) is 1. The van der Waals surface area contributed by atoms with E-state index in [4.69, 9.17) is 19.9 Å². The van der Waals surface area contributed by atoms with Crippen LogP contribution in [-0.2, 0) is 6.42 Å². The van der Waals surface area contributed by atoms with Crippen molar-refractivity contribution in [3.8, 4) is 17.2 Å². The summed E-state index contributed by atoms with van der Waals surface area (Å²) in [4.78, 5) is 0. The van der Waals surface area contributed by atoms with E-state index in [-0.39, 0.29) is 18.4 Å². The van der Waals surface area contributed by atoms with Crippen LogP contribution in [0.1, 0.15) is 18.9 Å². The van der Waals surface area contributed by atoms with Crippen LogP contribution >= 0.6 is 12.4 Å². The van der Waals surface area contributed by atoms with E-state index in [0.717, 1.165) is 35.7 Å². The average molecular weight is 276 g/mol. The molecule has 2 N–H and O–H groups in total. The summed E-state index contributed by atoms with van der Waals surface area (Å²) >= 11 is 0. The minimum absolute atomic E-state index is 0. The lowest BCUT2D eigenvalue weighted by atomic mass is 10.0. The van der Waals surface area contributed by atoms with Crippen molar-refractivity contribution in [3.05, 3.63) is 17.7 Å². The van der Waals surface area contributed by atoms with Gasteiger partial charge in [0.15, 0.2) is 0 Å². The van der Waals surface area contributed by atoms with Crippen LogP contribution in [0.4, 0.5) is 0 Å². The van der Waals surface area contributed by atoms with Gasteiger partial charge in [-0.25, -0.2) is 0 Å². The van der Waals surface area contributed by atoms with Crippen LogP contribution in [0.3, 0.4) is 0 Å². The summed E-state index contributed by atoms with van der Waals surface area (Å²) in [6.07, 6.45) is 1.72. The molecule has 0 spiro atoms. The molecule has 1 atom stereocenters. The van der Waals surface area contributed by atoms with Gasteiger partial charge in [0.25, 0.3) is 0 Å². The second-order valence-electron chi connectivity index (χ2n) is 4.03. The van der Waals surface area contributed by atoms with Crippen LogP contribution < -0.4 is 19.9 Å². The highest BCUT2D eigenvalue weighted by atomic mass is 35.5. The van der Waals surface area contributed by atoms with Crippen molar-refractivity contribution in [2.75, 3.05) is 21.3 Å². The molecule has 1 aromatic rings. The molecule has 0 amide bonds. The molecule has 104 valence electrons. The maximum Gasteiger partial charge on any atom is 0.129 e. The van der Waals surface area contributed by atoms with E-state index in [2.05, 4.69) is 0 Å². The maximum absolute atomic E-state index is 5.77. The lowest BCUT2D eigenvalue weighted by molar-refractivity contribution is 0.367. The Bertz CT molecular complexity index is 344. The Labute approximate surface area is 115 Å². The summed E-state index contributed by atoms with van der Waals surface area (Å²) < 4.78 is 15.9. The molecule has 0 heterocycles. The summed E-state index contributed by atoms with van der Waals surface area (Å²) in [5.41, 5.74) is 6.81. The van der Waals surface area contributed by atoms with Gasteiger partial charge in [0.1, 0.15) is 17.2 Å². The maximum atomic E-state index is 5.77. The van der Waals surface area contributed by atoms with Crippen molar-refractivity contribution in [1.29, 1.82) is 0 Å². The van der Waals surface area contributed by atoms with Gasteiger partial charge in [-0.05, 0) is 19.8 Å². The Kier molecular flexibility index (Phi) is 7.55. The number of benzene rings is 1. The summed E-state index contributed by atoms with van der Waals surface area (Å²) in [6.45, 7) is 1.99. The smallest absolute Gasteiger partial charge is 0.129 e. The Morgan fingerprint density at radius 1 is 1.06 bits per heavy atom. The van der Waals surface area contributed by atoms with Gasteiger partial charge in [0.2, 0.25) is 0 Å². The fraction of sp³-hybridized carbons (Fsp3) is 0.538. The third kappa shape index (κ3) is 4.27. The number of methoxy groups -OCH3 is 3. The Hall–Kier alpha value is -1.13. The first-order chi connectivity index (χ1) is 8.12. The zero-order chi connectivity index (χ0) is 12.8. The van der Waals surface area contributed by atoms with Gasteiger partial charge < -0.3 is 19.9 Å². The molecule has 1 aromatic carbocycles. The van der Waals surface area contributed by atoms with E-state index in [1.165, 1.54) is 0 Å². The zero-order valence-electron chi connectivity index (χ0n) is 11.4. The van der Waals surface area contributed by atoms with E-state index >= 15 is 0 Å². The topological polar surface area (TPSA) is 53.7 Å². The molecule has 1 rings (SSSR count). The highest BCUT2D eigenvalue weighted by molar-refractivity contribution is 5.85. The molecule has 0 radical (unpaired) electrons. The van der Waals surface area contributed by atoms with Crippen LogP contribution in [0.15, 0.2) is 12.1 Å². The van der Waals surface area contributed by atoms with Crippen LogP contribution in [0.5, 0.6) is 17.2 Å². The van der Waals surface area contributed by atoms with E-state index in [0.29, 0.717) is 0 Å². The molecular weight excluding hydrogens is 254 g/mol. The molecule has 18 heavy (non-hydrogen) atoms. The van der Waals surface area contributed by atoms with Crippen molar-refractivity contribution in [1.82, 2.24) is 0 Å². The third-order valence-corrected chi connectivity index (χ3v) is 2.67. The minimum Gasteiger partial charge on any atom is -0.496 e. The lowest BCUT2D eigenvalue weighted by Crippen LogP contribution is -2.15. The largest absolute Gasteiger partial charge is 0.496 e. The molecule has 5 heteroatoms. The molecule has 1 unspecified atom stereocenters. The van der Waals surface area contributed by atoms with E-state index in [1.54, 1.807) is 21.3 Å². The monoisotopic (exact) mass is 275 g/mol. The van der Waals surface area contributed by atoms with Crippen LogP contribution in [0, 0.1) is 0 Å². The second-order valence-corrected chi connectivity index (χ2v) is 4.03. The van der Waals surface area contributed by atoms with E-state index in [9.17, 15) is 0 Å². The van der Waals surface area contributed by atoms with Gasteiger partial charge in [0, 0.05) is 23.7 Å². The number of ether oxygens (including phenoxy) is 3. The molecule has 0 aliphatic heterocycles. The molecule has 0 bridgehead atoms. The molecule has 0 aliphatic rings. The number of rotatable bonds is 6. The summed E-state index contributed by atoms with van der Waals surface area (Å²) in [5, 5.41) is 0. The lowest BCUT2D eigenvalue weighted by Gasteiger charge is -2.15. The van der Waals surface area contributed by atoms with Crippen molar-refractivity contribution in [2.24, 2.45) is 5.73 Å². The van der Waals surface area contributed by atoms with Crippen LogP contribution in [0.25, 0.3) is 0 Å². The number of hydrogen-bond donors (Lipinski definition) is 1. The molecule has 0 saturated heterocycles. The van der Waals surface area contributed by atoms with Crippen LogP contribution in [0.2, 0.25) is 0 Å². The van der Waals surface area contributed by atoms with Gasteiger partial charge >= 0.3 is 0 Å². The second kappa shape index (κ2) is 8.06. The number of halogens is 1. The standard InChI is InChI=1S/C13H21NO3.ClH/c1-9(14)5-6-11-12(16-3)7-10(15-2)8-13(11)17-4;/h7-9H,5-6,14H2,1-4H3;1H. The van der Waals surface area contributed by atoms with Crippen molar-refractivity contribution < 1.29 is 14.2 Å². The predicted octanol–water partition coefficient (Wildman–Crippen LogP) is 2.41. The van der Waals surface area contributed by atoms with Crippen molar-refractivity contribution >= 4 is 12.4 Å². The molecule has 0 aliphatic carbocycles. The van der Waals surface area contributed by atoms with Crippen molar-refractivity contribution in [2.45, 2.75) is 25.8 Å². The first-order valence-electron chi connectivity index (χ1n) is 5.66. The highest BCUT2D eigenvalue weighted by Gasteiger charge is 2.13. The quantitative estimate of drug-likeness (QED) is 0.866. The van der Waals surface area contributed by atoms with Gasteiger partial charge in [0.05, 0.1) is 21.3 Å². The normalized spacial score (nSPS) is 11.4. The first-order valence-corrected chi connectivity index (χ1v) is 5.66. The molecular formula is C13H22ClNO3. The van der Waals surface area contributed by atoms with Gasteiger partial charge in [-0.1, -0.05) is 0 Å². The SMILES string of the molecule is COc1cc(OC)c(CCC(C)N)c(OC)c1.Cl. The van der Waals surface area contributed by atoms with Gasteiger partial charge in [-0.15, -0.1) is 12.4 Å². The van der Waals surface area contributed by atoms with Crippen molar-refractivity contribution in [3.63, 3.8) is 0 Å². The Morgan fingerprint density at radius 2 is 1.56 bits per heavy atom. The van der Waals surface area contributed by atoms with Crippen LogP contribution in [-0.4, -0.2) is 27.4 Å². The summed E-state index contributed by atoms with van der Waals surface area (Å²) in [7, 11) is 4.91. The van der Waals surface area contributed by atoms with E-state index < -0.39 is 0 Å². The Morgan fingerprint density at radius 3 is 1.89 bits per heavy atom. The fourth-order valence-electron chi connectivity index (χ4n) is 1.70. The highest BCUT2D eigenvalue weighted by Crippen LogP contribution is 2.34. The third-order valence-electron chi connectivity index (χ3n) is 2.67. The Balaban J connectivity index is 0.00000289. The first kappa shape index (κ1) is 16.9. The van der Waals surface area contributed by atoms with E-state index in [1.807, 2.05) is 19.1 Å². The average Bonchev–Trinajstić information content (AvgIpc) is 2.34. The molecule has 0 fully saturated rings.